The highest BCUT2D eigenvalue weighted by Gasteiger charge is 2.30. The molecule has 33 heavy (non-hydrogen) atoms. The van der Waals surface area contributed by atoms with Crippen molar-refractivity contribution in [3.63, 3.8) is 0 Å². The van der Waals surface area contributed by atoms with E-state index in [0.29, 0.717) is 27.4 Å². The Kier molecular flexibility index (Phi) is 5.65. The van der Waals surface area contributed by atoms with Crippen LogP contribution in [-0.2, 0) is 10.7 Å². The van der Waals surface area contributed by atoms with Crippen molar-refractivity contribution < 1.29 is 17.7 Å². The summed E-state index contributed by atoms with van der Waals surface area (Å²) < 4.78 is 57.1. The van der Waals surface area contributed by atoms with Gasteiger partial charge in [0.2, 0.25) is 0 Å². The molecule has 0 atom stereocenters. The number of hydrogen-bond acceptors (Lipinski definition) is 3. The summed E-state index contributed by atoms with van der Waals surface area (Å²) in [5, 5.41) is 5.15. The molecular formula is C26H17F3NOPS. The second-order valence-electron chi connectivity index (χ2n) is 7.64. The van der Waals surface area contributed by atoms with Gasteiger partial charge in [0.1, 0.15) is 12.7 Å². The average Bonchev–Trinajstić information content (AvgIpc) is 3.38. The predicted octanol–water partition coefficient (Wildman–Crippen LogP) is 6.89. The molecule has 7 heteroatoms. The Bertz CT molecular complexity index is 1450. The van der Waals surface area contributed by atoms with Crippen LogP contribution >= 0.6 is 18.5 Å². The molecule has 0 unspecified atom stereocenters. The molecule has 2 heterocycles. The summed E-state index contributed by atoms with van der Waals surface area (Å²) in [6.07, 6.45) is 0.0930. The summed E-state index contributed by atoms with van der Waals surface area (Å²) in [7, 11) is -3.18. The van der Waals surface area contributed by atoms with E-state index in [9.17, 15) is 17.7 Å². The van der Waals surface area contributed by atoms with Crippen LogP contribution in [0.4, 0.5) is 13.2 Å². The fourth-order valence-corrected chi connectivity index (χ4v) is 7.28. The van der Waals surface area contributed by atoms with E-state index in [2.05, 4.69) is 4.98 Å². The maximum absolute atomic E-state index is 14.6. The molecule has 3 aromatic carbocycles. The molecule has 0 radical (unpaired) electrons. The Morgan fingerprint density at radius 2 is 1.45 bits per heavy atom. The molecule has 0 N–H and O–H groups in total. The van der Waals surface area contributed by atoms with Gasteiger partial charge in [-0.1, -0.05) is 60.7 Å². The van der Waals surface area contributed by atoms with Gasteiger partial charge in [-0.05, 0) is 29.1 Å². The molecule has 164 valence electrons. The highest BCUT2D eigenvalue weighted by molar-refractivity contribution is 7.78. The van der Waals surface area contributed by atoms with E-state index < -0.39 is 24.6 Å². The number of pyridine rings is 1. The van der Waals surface area contributed by atoms with E-state index in [4.69, 9.17) is 0 Å². The summed E-state index contributed by atoms with van der Waals surface area (Å²) in [6.45, 7) is 0. The molecule has 0 saturated heterocycles. The fourth-order valence-electron chi connectivity index (χ4n) is 3.95. The van der Waals surface area contributed by atoms with Crippen molar-refractivity contribution in [2.24, 2.45) is 0 Å². The lowest BCUT2D eigenvalue weighted by atomic mass is 10.1. The topological polar surface area (TPSA) is 30.0 Å². The van der Waals surface area contributed by atoms with Crippen LogP contribution in [0.25, 0.3) is 22.2 Å². The molecule has 2 aromatic heterocycles. The van der Waals surface area contributed by atoms with Crippen LogP contribution in [0.5, 0.6) is 0 Å². The van der Waals surface area contributed by atoms with E-state index in [1.54, 1.807) is 6.07 Å². The van der Waals surface area contributed by atoms with Crippen molar-refractivity contribution in [2.75, 3.05) is 0 Å². The lowest BCUT2D eigenvalue weighted by Gasteiger charge is -2.21. The largest absolute Gasteiger partial charge is 0.313 e. The summed E-state index contributed by atoms with van der Waals surface area (Å²) in [6, 6.07) is 22.6. The number of halogens is 3. The van der Waals surface area contributed by atoms with Gasteiger partial charge in [0.25, 0.3) is 0 Å². The Balaban J connectivity index is 1.77. The molecule has 0 aliphatic rings. The highest BCUT2D eigenvalue weighted by atomic mass is 32.1. The Morgan fingerprint density at radius 3 is 2.03 bits per heavy atom. The first-order valence-corrected chi connectivity index (χ1v) is 13.0. The molecule has 2 nitrogen and oxygen atoms in total. The van der Waals surface area contributed by atoms with Gasteiger partial charge in [-0.25, -0.2) is 18.2 Å². The third-order valence-electron chi connectivity index (χ3n) is 5.56. The molecule has 0 saturated carbocycles. The molecular weight excluding hydrogens is 462 g/mol. The standard InChI is InChI=1S/C26H17F3NOPS/c27-22-14-18-13-19(25(17-11-12-33-16-17)30-26(18)24(29)23(22)28)15-32(31,20-7-3-1-4-8-20)21-9-5-2-6-10-21/h1-14,16H,15H2. The summed E-state index contributed by atoms with van der Waals surface area (Å²) in [5.74, 6) is -4.18. The molecule has 0 fully saturated rings. The van der Waals surface area contributed by atoms with Crippen molar-refractivity contribution in [2.45, 2.75) is 6.16 Å². The second kappa shape index (κ2) is 8.62. The number of thiophene rings is 1. The van der Waals surface area contributed by atoms with Gasteiger partial charge < -0.3 is 4.57 Å². The van der Waals surface area contributed by atoms with Crippen LogP contribution in [0.3, 0.4) is 0 Å². The number of aromatic nitrogens is 1. The number of benzene rings is 3. The van der Waals surface area contributed by atoms with Gasteiger partial charge in [-0.15, -0.1) is 0 Å². The van der Waals surface area contributed by atoms with E-state index >= 15 is 0 Å². The van der Waals surface area contributed by atoms with Crippen molar-refractivity contribution in [3.8, 4) is 11.3 Å². The molecule has 5 aromatic rings. The number of nitrogens with zero attached hydrogens (tertiary/aromatic N) is 1. The minimum Gasteiger partial charge on any atom is -0.313 e. The normalized spacial score (nSPS) is 11.7. The Labute approximate surface area is 192 Å². The van der Waals surface area contributed by atoms with Gasteiger partial charge in [0.05, 0.1) is 5.69 Å². The van der Waals surface area contributed by atoms with Gasteiger partial charge in [0.15, 0.2) is 17.5 Å². The van der Waals surface area contributed by atoms with Crippen molar-refractivity contribution in [3.05, 3.63) is 113 Å². The van der Waals surface area contributed by atoms with E-state index in [0.717, 1.165) is 6.07 Å². The zero-order valence-electron chi connectivity index (χ0n) is 17.2. The minimum absolute atomic E-state index is 0.0930. The van der Waals surface area contributed by atoms with Crippen LogP contribution < -0.4 is 10.6 Å². The van der Waals surface area contributed by atoms with Gasteiger partial charge in [0, 0.05) is 33.1 Å². The van der Waals surface area contributed by atoms with Crippen LogP contribution in [0, 0.1) is 17.5 Å². The van der Waals surface area contributed by atoms with Gasteiger partial charge in [-0.3, -0.25) is 0 Å². The molecule has 0 aliphatic heterocycles. The lowest BCUT2D eigenvalue weighted by molar-refractivity contribution is 0.452. The lowest BCUT2D eigenvalue weighted by Crippen LogP contribution is -2.18. The number of rotatable bonds is 5. The highest BCUT2D eigenvalue weighted by Crippen LogP contribution is 2.48. The van der Waals surface area contributed by atoms with Crippen molar-refractivity contribution in [1.82, 2.24) is 4.98 Å². The average molecular weight is 479 g/mol. The summed E-state index contributed by atoms with van der Waals surface area (Å²) in [4.78, 5) is 4.39. The summed E-state index contributed by atoms with van der Waals surface area (Å²) >= 11 is 1.43. The maximum atomic E-state index is 14.6. The van der Waals surface area contributed by atoms with Gasteiger partial charge in [-0.2, -0.15) is 11.3 Å². The van der Waals surface area contributed by atoms with Crippen LogP contribution in [0.2, 0.25) is 0 Å². The number of hydrogen-bond donors (Lipinski definition) is 0. The van der Waals surface area contributed by atoms with Crippen LogP contribution in [0.1, 0.15) is 5.56 Å². The second-order valence-corrected chi connectivity index (χ2v) is 11.2. The third-order valence-corrected chi connectivity index (χ3v) is 9.29. The zero-order chi connectivity index (χ0) is 23.0. The Hall–Kier alpha value is -3.21. The van der Waals surface area contributed by atoms with Crippen molar-refractivity contribution >= 4 is 40.0 Å². The van der Waals surface area contributed by atoms with E-state index in [1.165, 1.54) is 11.3 Å². The summed E-state index contributed by atoms with van der Waals surface area (Å²) in [5.41, 5.74) is 1.42. The van der Waals surface area contributed by atoms with E-state index in [-0.39, 0.29) is 17.1 Å². The quantitative estimate of drug-likeness (QED) is 0.203. The first-order valence-electron chi connectivity index (χ1n) is 10.2. The number of fused-ring (bicyclic) bond motifs is 1. The molecule has 0 amide bonds. The fraction of sp³-hybridized carbons (Fsp3) is 0.0385. The molecule has 0 aliphatic carbocycles. The smallest absolute Gasteiger partial charge is 0.196 e. The van der Waals surface area contributed by atoms with Crippen molar-refractivity contribution in [1.29, 1.82) is 0 Å². The molecule has 5 rings (SSSR count). The molecule has 0 bridgehead atoms. The van der Waals surface area contributed by atoms with E-state index in [1.807, 2.05) is 77.5 Å². The zero-order valence-corrected chi connectivity index (χ0v) is 18.9. The Morgan fingerprint density at radius 1 is 0.818 bits per heavy atom. The first-order chi connectivity index (χ1) is 16.0. The predicted molar refractivity (Wildman–Crippen MR) is 128 cm³/mol. The van der Waals surface area contributed by atoms with Gasteiger partial charge >= 0.3 is 0 Å². The van der Waals surface area contributed by atoms with Crippen LogP contribution in [-0.4, -0.2) is 4.98 Å². The minimum atomic E-state index is -3.18. The first kappa shape index (κ1) is 21.6. The van der Waals surface area contributed by atoms with Crippen LogP contribution in [0.15, 0.2) is 89.6 Å². The SMILES string of the molecule is O=P(Cc1cc2cc(F)c(F)c(F)c2nc1-c1ccsc1)(c1ccccc1)c1ccccc1. The molecule has 0 spiro atoms. The maximum Gasteiger partial charge on any atom is 0.196 e. The third kappa shape index (κ3) is 3.90. The monoisotopic (exact) mass is 479 g/mol.